The Bertz CT molecular complexity index is 518. The van der Waals surface area contributed by atoms with Gasteiger partial charge in [-0.3, -0.25) is 0 Å². The summed E-state index contributed by atoms with van der Waals surface area (Å²) >= 11 is 0. The van der Waals surface area contributed by atoms with Crippen LogP contribution in [0.25, 0.3) is 0 Å². The van der Waals surface area contributed by atoms with Crippen LogP contribution in [0.15, 0.2) is 36.4 Å². The minimum Gasteiger partial charge on any atom is -0.344 e. The van der Waals surface area contributed by atoms with Crippen LogP contribution in [0.4, 0.5) is 11.4 Å². The van der Waals surface area contributed by atoms with Gasteiger partial charge in [0.2, 0.25) is 0 Å². The van der Waals surface area contributed by atoms with Crippen LogP contribution in [-0.2, 0) is 0 Å². The number of aryl methyl sites for hydroxylation is 4. The van der Waals surface area contributed by atoms with Gasteiger partial charge in [0.1, 0.15) is 0 Å². The van der Waals surface area contributed by atoms with E-state index in [4.69, 9.17) is 0 Å². The quantitative estimate of drug-likeness (QED) is 0.735. The largest absolute Gasteiger partial charge is 0.344 e. The second kappa shape index (κ2) is 4.85. The van der Waals surface area contributed by atoms with Crippen molar-refractivity contribution in [3.8, 4) is 0 Å². The van der Waals surface area contributed by atoms with Gasteiger partial charge in [0.05, 0.1) is 0 Å². The van der Waals surface area contributed by atoms with E-state index in [0.717, 1.165) is 0 Å². The summed E-state index contributed by atoms with van der Waals surface area (Å²) in [5.74, 6) is 0. The lowest BCUT2D eigenvalue weighted by molar-refractivity contribution is 1.15. The van der Waals surface area contributed by atoms with Gasteiger partial charge >= 0.3 is 0 Å². The van der Waals surface area contributed by atoms with Crippen LogP contribution in [0.3, 0.4) is 0 Å². The fourth-order valence-electron chi connectivity index (χ4n) is 2.29. The molecule has 0 heterocycles. The Kier molecular flexibility index (Phi) is 3.42. The Morgan fingerprint density at radius 1 is 0.667 bits per heavy atom. The molecule has 0 aliphatic rings. The second-order valence-corrected chi connectivity index (χ2v) is 5.14. The van der Waals surface area contributed by atoms with Crippen molar-refractivity contribution >= 4 is 11.4 Å². The number of anilines is 2. The molecule has 0 amide bonds. The molecule has 0 fully saturated rings. The average molecular weight is 239 g/mol. The van der Waals surface area contributed by atoms with Crippen molar-refractivity contribution in [3.63, 3.8) is 0 Å². The molecular weight excluding hydrogens is 218 g/mol. The molecule has 0 spiro atoms. The molecular formula is C17H21N. The predicted molar refractivity (Wildman–Crippen MR) is 79.9 cm³/mol. The monoisotopic (exact) mass is 239 g/mol. The highest BCUT2D eigenvalue weighted by molar-refractivity contribution is 5.69. The van der Waals surface area contributed by atoms with Crippen molar-refractivity contribution in [1.82, 2.24) is 0 Å². The molecule has 2 rings (SSSR count). The maximum atomic E-state index is 2.28. The van der Waals surface area contributed by atoms with E-state index in [1.165, 1.54) is 33.6 Å². The highest BCUT2D eigenvalue weighted by Gasteiger charge is 2.09. The van der Waals surface area contributed by atoms with Gasteiger partial charge in [0.25, 0.3) is 0 Å². The van der Waals surface area contributed by atoms with Gasteiger partial charge in [-0.2, -0.15) is 0 Å². The molecule has 0 N–H and O–H groups in total. The lowest BCUT2D eigenvalue weighted by atomic mass is 10.1. The molecule has 0 atom stereocenters. The summed E-state index contributed by atoms with van der Waals surface area (Å²) in [6, 6.07) is 13.2. The topological polar surface area (TPSA) is 3.24 Å². The highest BCUT2D eigenvalue weighted by Crippen LogP contribution is 2.30. The van der Waals surface area contributed by atoms with E-state index in [2.05, 4.69) is 76.0 Å². The minimum absolute atomic E-state index is 1.28. The molecule has 18 heavy (non-hydrogen) atoms. The molecule has 0 aromatic heterocycles. The van der Waals surface area contributed by atoms with Gasteiger partial charge in [0, 0.05) is 18.4 Å². The second-order valence-electron chi connectivity index (χ2n) is 5.14. The van der Waals surface area contributed by atoms with Crippen LogP contribution < -0.4 is 4.90 Å². The third-order valence-electron chi connectivity index (χ3n) is 3.45. The summed E-state index contributed by atoms with van der Waals surface area (Å²) in [6.45, 7) is 8.60. The Labute approximate surface area is 110 Å². The smallest absolute Gasteiger partial charge is 0.0440 e. The molecule has 0 saturated heterocycles. The van der Waals surface area contributed by atoms with Crippen molar-refractivity contribution in [3.05, 3.63) is 58.7 Å². The number of hydrogen-bond acceptors (Lipinski definition) is 1. The molecule has 0 saturated carbocycles. The Morgan fingerprint density at radius 3 is 1.44 bits per heavy atom. The minimum atomic E-state index is 1.28. The van der Waals surface area contributed by atoms with Crippen LogP contribution in [-0.4, -0.2) is 7.05 Å². The predicted octanol–water partition coefficient (Wildman–Crippen LogP) is 4.69. The van der Waals surface area contributed by atoms with E-state index >= 15 is 0 Å². The van der Waals surface area contributed by atoms with Crippen LogP contribution in [0, 0.1) is 27.7 Å². The van der Waals surface area contributed by atoms with Crippen molar-refractivity contribution in [2.24, 2.45) is 0 Å². The van der Waals surface area contributed by atoms with E-state index in [-0.39, 0.29) is 0 Å². The first-order valence-electron chi connectivity index (χ1n) is 6.37. The van der Waals surface area contributed by atoms with Crippen LogP contribution in [0.5, 0.6) is 0 Å². The molecule has 94 valence electrons. The zero-order valence-corrected chi connectivity index (χ0v) is 11.9. The van der Waals surface area contributed by atoms with E-state index < -0.39 is 0 Å². The standard InChI is InChI=1S/C17H21N/c1-12-6-8-14(3)16(10-12)18(5)17-11-13(2)7-9-15(17)4/h6-11H,1-5H3. The summed E-state index contributed by atoms with van der Waals surface area (Å²) in [7, 11) is 2.14. The Hall–Kier alpha value is -1.76. The molecule has 2 aromatic rings. The molecule has 0 aliphatic heterocycles. The molecule has 1 nitrogen and oxygen atoms in total. The molecule has 2 aromatic carbocycles. The first kappa shape index (κ1) is 12.7. The summed E-state index contributed by atoms with van der Waals surface area (Å²) in [5.41, 5.74) is 7.78. The third-order valence-corrected chi connectivity index (χ3v) is 3.45. The van der Waals surface area contributed by atoms with Crippen molar-refractivity contribution < 1.29 is 0 Å². The number of nitrogens with zero attached hydrogens (tertiary/aromatic N) is 1. The Morgan fingerprint density at radius 2 is 1.06 bits per heavy atom. The maximum Gasteiger partial charge on any atom is 0.0440 e. The fourth-order valence-corrected chi connectivity index (χ4v) is 2.29. The number of rotatable bonds is 2. The first-order chi connectivity index (χ1) is 8.49. The van der Waals surface area contributed by atoms with Crippen LogP contribution in [0.1, 0.15) is 22.3 Å². The summed E-state index contributed by atoms with van der Waals surface area (Å²) in [5, 5.41) is 0. The summed E-state index contributed by atoms with van der Waals surface area (Å²) < 4.78 is 0. The Balaban J connectivity index is 2.50. The lowest BCUT2D eigenvalue weighted by Gasteiger charge is -2.24. The van der Waals surface area contributed by atoms with Crippen molar-refractivity contribution in [2.75, 3.05) is 11.9 Å². The van der Waals surface area contributed by atoms with Gasteiger partial charge in [-0.1, -0.05) is 24.3 Å². The number of benzene rings is 2. The normalized spacial score (nSPS) is 10.5. The first-order valence-corrected chi connectivity index (χ1v) is 6.37. The van der Waals surface area contributed by atoms with Gasteiger partial charge in [-0.25, -0.2) is 0 Å². The zero-order valence-electron chi connectivity index (χ0n) is 11.9. The summed E-state index contributed by atoms with van der Waals surface area (Å²) in [6.07, 6.45) is 0. The molecule has 0 radical (unpaired) electrons. The van der Waals surface area contributed by atoms with Crippen molar-refractivity contribution in [1.29, 1.82) is 0 Å². The average Bonchev–Trinajstić information content (AvgIpc) is 2.34. The summed E-state index contributed by atoms with van der Waals surface area (Å²) in [4.78, 5) is 2.28. The van der Waals surface area contributed by atoms with E-state index in [9.17, 15) is 0 Å². The van der Waals surface area contributed by atoms with Crippen molar-refractivity contribution in [2.45, 2.75) is 27.7 Å². The maximum absolute atomic E-state index is 2.28. The van der Waals surface area contributed by atoms with Gasteiger partial charge in [0.15, 0.2) is 0 Å². The number of hydrogen-bond donors (Lipinski definition) is 0. The highest BCUT2D eigenvalue weighted by atomic mass is 15.1. The van der Waals surface area contributed by atoms with E-state index in [1.54, 1.807) is 0 Å². The van der Waals surface area contributed by atoms with Gasteiger partial charge < -0.3 is 4.90 Å². The molecule has 0 aliphatic carbocycles. The van der Waals surface area contributed by atoms with Crippen LogP contribution >= 0.6 is 0 Å². The fraction of sp³-hybridized carbons (Fsp3) is 0.294. The van der Waals surface area contributed by atoms with Gasteiger partial charge in [-0.05, 0) is 62.1 Å². The van der Waals surface area contributed by atoms with Gasteiger partial charge in [-0.15, -0.1) is 0 Å². The van der Waals surface area contributed by atoms with Crippen LogP contribution in [0.2, 0.25) is 0 Å². The zero-order chi connectivity index (χ0) is 13.3. The molecule has 1 heteroatoms. The molecule has 0 bridgehead atoms. The lowest BCUT2D eigenvalue weighted by Crippen LogP contribution is -2.12. The van der Waals surface area contributed by atoms with E-state index in [0.29, 0.717) is 0 Å². The third kappa shape index (κ3) is 2.40. The molecule has 0 unspecified atom stereocenters. The van der Waals surface area contributed by atoms with E-state index in [1.807, 2.05) is 0 Å². The SMILES string of the molecule is Cc1ccc(C)c(N(C)c2cc(C)ccc2C)c1.